The SMILES string of the molecule is N#CCOc1ccc(/C=N\NC(=O)c2ccc(Cl)cc2Cl)cc1. The molecule has 2 aromatic carbocycles. The molecule has 0 aliphatic rings. The molecule has 2 rings (SSSR count). The Morgan fingerprint density at radius 1 is 1.26 bits per heavy atom. The predicted octanol–water partition coefficient (Wildman–Crippen LogP) is 3.66. The van der Waals surface area contributed by atoms with Gasteiger partial charge in [-0.15, -0.1) is 0 Å². The molecule has 23 heavy (non-hydrogen) atoms. The van der Waals surface area contributed by atoms with E-state index in [9.17, 15) is 4.79 Å². The molecule has 0 atom stereocenters. The molecule has 7 heteroatoms. The van der Waals surface area contributed by atoms with Crippen molar-refractivity contribution in [3.8, 4) is 11.8 Å². The number of hydrazone groups is 1. The number of nitrogens with zero attached hydrogens (tertiary/aromatic N) is 2. The molecule has 0 radical (unpaired) electrons. The van der Waals surface area contributed by atoms with E-state index in [1.54, 1.807) is 30.3 Å². The van der Waals surface area contributed by atoms with Crippen molar-refractivity contribution in [1.29, 1.82) is 5.26 Å². The maximum atomic E-state index is 11.9. The number of benzene rings is 2. The minimum absolute atomic E-state index is 0.00859. The van der Waals surface area contributed by atoms with E-state index in [2.05, 4.69) is 10.5 Å². The summed E-state index contributed by atoms with van der Waals surface area (Å²) in [5.74, 6) is 0.151. The second-order valence-corrected chi connectivity index (χ2v) is 5.18. The van der Waals surface area contributed by atoms with Crippen LogP contribution in [0.2, 0.25) is 10.0 Å². The molecular formula is C16H11Cl2N3O2. The first-order chi connectivity index (χ1) is 11.1. The van der Waals surface area contributed by atoms with Crippen molar-refractivity contribution in [2.24, 2.45) is 5.10 Å². The number of rotatable bonds is 5. The third kappa shape index (κ3) is 4.99. The number of carbonyl (C=O) groups excluding carboxylic acids is 1. The van der Waals surface area contributed by atoms with Crippen LogP contribution in [0.1, 0.15) is 15.9 Å². The fourth-order valence-electron chi connectivity index (χ4n) is 1.67. The normalized spacial score (nSPS) is 10.3. The standard InChI is InChI=1S/C16H11Cl2N3O2/c17-12-3-6-14(15(18)9-12)16(22)21-20-10-11-1-4-13(5-2-11)23-8-7-19/h1-6,9-10H,8H2,(H,21,22)/b20-10-. The van der Waals surface area contributed by atoms with Crippen LogP contribution in [0.5, 0.6) is 5.75 Å². The van der Waals surface area contributed by atoms with Crippen LogP contribution < -0.4 is 10.2 Å². The Morgan fingerprint density at radius 3 is 2.65 bits per heavy atom. The van der Waals surface area contributed by atoms with Crippen LogP contribution in [0.15, 0.2) is 47.6 Å². The Kier molecular flexibility index (Phi) is 5.98. The first-order valence-corrected chi connectivity index (χ1v) is 7.24. The van der Waals surface area contributed by atoms with Gasteiger partial charge in [-0.2, -0.15) is 10.4 Å². The van der Waals surface area contributed by atoms with Crippen molar-refractivity contribution >= 4 is 35.3 Å². The van der Waals surface area contributed by atoms with Gasteiger partial charge in [-0.1, -0.05) is 23.2 Å². The zero-order chi connectivity index (χ0) is 16.7. The summed E-state index contributed by atoms with van der Waals surface area (Å²) in [7, 11) is 0. The summed E-state index contributed by atoms with van der Waals surface area (Å²) in [5, 5.41) is 13.0. The zero-order valence-corrected chi connectivity index (χ0v) is 13.3. The van der Waals surface area contributed by atoms with Gasteiger partial charge in [0.15, 0.2) is 6.61 Å². The highest BCUT2D eigenvalue weighted by molar-refractivity contribution is 6.36. The monoisotopic (exact) mass is 347 g/mol. The van der Waals surface area contributed by atoms with Gasteiger partial charge in [0, 0.05) is 5.02 Å². The van der Waals surface area contributed by atoms with E-state index in [0.717, 1.165) is 5.56 Å². The molecule has 1 amide bonds. The maximum absolute atomic E-state index is 11.9. The summed E-state index contributed by atoms with van der Waals surface area (Å²) in [6, 6.07) is 13.4. The van der Waals surface area contributed by atoms with Crippen molar-refractivity contribution in [3.05, 3.63) is 63.6 Å². The molecule has 0 saturated carbocycles. The molecule has 5 nitrogen and oxygen atoms in total. The third-order valence-corrected chi connectivity index (χ3v) is 3.29. The van der Waals surface area contributed by atoms with Gasteiger partial charge in [0.1, 0.15) is 11.8 Å². The molecule has 1 N–H and O–H groups in total. The van der Waals surface area contributed by atoms with E-state index in [1.165, 1.54) is 18.3 Å². The van der Waals surface area contributed by atoms with Crippen molar-refractivity contribution in [3.63, 3.8) is 0 Å². The molecule has 0 saturated heterocycles. The maximum Gasteiger partial charge on any atom is 0.272 e. The second kappa shape index (κ2) is 8.18. The third-order valence-electron chi connectivity index (χ3n) is 2.74. The van der Waals surface area contributed by atoms with Gasteiger partial charge >= 0.3 is 0 Å². The fraction of sp³-hybridized carbons (Fsp3) is 0.0625. The number of hydrogen-bond donors (Lipinski definition) is 1. The van der Waals surface area contributed by atoms with E-state index in [0.29, 0.717) is 10.8 Å². The van der Waals surface area contributed by atoms with Crippen LogP contribution in [-0.2, 0) is 0 Å². The topological polar surface area (TPSA) is 74.5 Å². The lowest BCUT2D eigenvalue weighted by atomic mass is 10.2. The van der Waals surface area contributed by atoms with E-state index >= 15 is 0 Å². The van der Waals surface area contributed by atoms with Crippen LogP contribution in [0.4, 0.5) is 0 Å². The van der Waals surface area contributed by atoms with Gasteiger partial charge in [-0.05, 0) is 48.0 Å². The Labute approximate surface area is 143 Å². The van der Waals surface area contributed by atoms with Gasteiger partial charge in [0.2, 0.25) is 0 Å². The average molecular weight is 348 g/mol. The minimum atomic E-state index is -0.433. The quantitative estimate of drug-likeness (QED) is 0.662. The minimum Gasteiger partial charge on any atom is -0.479 e. The zero-order valence-electron chi connectivity index (χ0n) is 11.8. The van der Waals surface area contributed by atoms with E-state index < -0.39 is 5.91 Å². The fourth-order valence-corrected chi connectivity index (χ4v) is 2.16. The molecule has 0 unspecified atom stereocenters. The number of amides is 1. The van der Waals surface area contributed by atoms with Crippen LogP contribution in [0.25, 0.3) is 0 Å². The smallest absolute Gasteiger partial charge is 0.272 e. The lowest BCUT2D eigenvalue weighted by molar-refractivity contribution is 0.0955. The van der Waals surface area contributed by atoms with E-state index in [1.807, 2.05) is 6.07 Å². The predicted molar refractivity (Wildman–Crippen MR) is 89.1 cm³/mol. The number of hydrogen-bond acceptors (Lipinski definition) is 4. The molecular weight excluding hydrogens is 337 g/mol. The van der Waals surface area contributed by atoms with Crippen molar-refractivity contribution in [1.82, 2.24) is 5.43 Å². The molecule has 0 bridgehead atoms. The number of carbonyl (C=O) groups is 1. The average Bonchev–Trinajstić information content (AvgIpc) is 2.54. The Balaban J connectivity index is 1.95. The molecule has 0 aliphatic carbocycles. The summed E-state index contributed by atoms with van der Waals surface area (Å²) in [4.78, 5) is 11.9. The van der Waals surface area contributed by atoms with Crippen molar-refractivity contribution in [2.75, 3.05) is 6.61 Å². The highest BCUT2D eigenvalue weighted by atomic mass is 35.5. The molecule has 0 heterocycles. The van der Waals surface area contributed by atoms with Crippen LogP contribution in [0.3, 0.4) is 0 Å². The van der Waals surface area contributed by atoms with Gasteiger partial charge in [-0.3, -0.25) is 4.79 Å². The molecule has 0 spiro atoms. The first-order valence-electron chi connectivity index (χ1n) is 6.48. The molecule has 0 aromatic heterocycles. The van der Waals surface area contributed by atoms with Gasteiger partial charge in [-0.25, -0.2) is 5.43 Å². The van der Waals surface area contributed by atoms with Crippen LogP contribution >= 0.6 is 23.2 Å². The molecule has 116 valence electrons. The lowest BCUT2D eigenvalue weighted by Gasteiger charge is -2.03. The largest absolute Gasteiger partial charge is 0.479 e. The second-order valence-electron chi connectivity index (χ2n) is 4.34. The Morgan fingerprint density at radius 2 is 2.00 bits per heavy atom. The summed E-state index contributed by atoms with van der Waals surface area (Å²) in [5.41, 5.74) is 3.43. The highest BCUT2D eigenvalue weighted by Crippen LogP contribution is 2.20. The van der Waals surface area contributed by atoms with Gasteiger partial charge < -0.3 is 4.74 Å². The number of nitrogens with one attached hydrogen (secondary N) is 1. The van der Waals surface area contributed by atoms with E-state index in [-0.39, 0.29) is 17.2 Å². The van der Waals surface area contributed by atoms with Crippen LogP contribution in [-0.4, -0.2) is 18.7 Å². The lowest BCUT2D eigenvalue weighted by Crippen LogP contribution is -2.18. The number of halogens is 2. The van der Waals surface area contributed by atoms with Crippen molar-refractivity contribution in [2.45, 2.75) is 0 Å². The van der Waals surface area contributed by atoms with Crippen molar-refractivity contribution < 1.29 is 9.53 Å². The Hall–Kier alpha value is -2.55. The number of ether oxygens (including phenoxy) is 1. The Bertz CT molecular complexity index is 768. The van der Waals surface area contributed by atoms with Crippen LogP contribution in [0, 0.1) is 11.3 Å². The number of nitriles is 1. The summed E-state index contributed by atoms with van der Waals surface area (Å²) in [6.07, 6.45) is 1.48. The summed E-state index contributed by atoms with van der Waals surface area (Å²) < 4.78 is 5.13. The van der Waals surface area contributed by atoms with E-state index in [4.69, 9.17) is 33.2 Å². The molecule has 0 aliphatic heterocycles. The van der Waals surface area contributed by atoms with Gasteiger partial charge in [0.25, 0.3) is 5.91 Å². The summed E-state index contributed by atoms with van der Waals surface area (Å²) in [6.45, 7) is -0.00859. The first kappa shape index (κ1) is 16.8. The molecule has 0 fully saturated rings. The highest BCUT2D eigenvalue weighted by Gasteiger charge is 2.09. The summed E-state index contributed by atoms with van der Waals surface area (Å²) >= 11 is 11.7. The molecule has 2 aromatic rings. The van der Waals surface area contributed by atoms with Gasteiger partial charge in [0.05, 0.1) is 16.8 Å².